The quantitative estimate of drug-likeness (QED) is 0.615. The molecule has 0 aromatic heterocycles. The average molecular weight is 185 g/mol. The summed E-state index contributed by atoms with van der Waals surface area (Å²) in [6, 6.07) is 0.0576. The first-order chi connectivity index (χ1) is 6.20. The second-order valence-electron chi connectivity index (χ2n) is 3.74. The highest BCUT2D eigenvalue weighted by molar-refractivity contribution is 5.81. The highest BCUT2D eigenvalue weighted by Gasteiger charge is 2.20. The van der Waals surface area contributed by atoms with Gasteiger partial charge in [0.25, 0.3) is 0 Å². The van der Waals surface area contributed by atoms with Gasteiger partial charge in [-0.1, -0.05) is 0 Å². The largest absolute Gasteiger partial charge is 0.353 e. The molecule has 1 aliphatic rings. The van der Waals surface area contributed by atoms with Gasteiger partial charge in [0.05, 0.1) is 6.04 Å². The molecule has 2 N–H and O–H groups in total. The van der Waals surface area contributed by atoms with Crippen LogP contribution in [0.4, 0.5) is 0 Å². The summed E-state index contributed by atoms with van der Waals surface area (Å²) in [5.41, 5.74) is 0. The average Bonchev–Trinajstić information content (AvgIpc) is 2.55. The summed E-state index contributed by atoms with van der Waals surface area (Å²) in [7, 11) is 4.00. The Kier molecular flexibility index (Phi) is 4.18. The van der Waals surface area contributed by atoms with Crippen LogP contribution in [0, 0.1) is 0 Å². The fourth-order valence-electron chi connectivity index (χ4n) is 1.43. The molecule has 1 amide bonds. The van der Waals surface area contributed by atoms with Gasteiger partial charge in [-0.05, 0) is 33.5 Å². The summed E-state index contributed by atoms with van der Waals surface area (Å²) >= 11 is 0. The number of hydrogen-bond donors (Lipinski definition) is 2. The molecule has 13 heavy (non-hydrogen) atoms. The third-order valence-electron chi connectivity index (χ3n) is 2.24. The first-order valence-corrected chi connectivity index (χ1v) is 4.86. The summed E-state index contributed by atoms with van der Waals surface area (Å²) in [4.78, 5) is 13.5. The number of nitrogens with zero attached hydrogens (tertiary/aromatic N) is 1. The molecule has 76 valence electrons. The SMILES string of the molecule is CN(C)CCNC(=O)C1CCCN1. The van der Waals surface area contributed by atoms with Gasteiger partial charge in [-0.2, -0.15) is 0 Å². The van der Waals surface area contributed by atoms with Crippen LogP contribution in [0.2, 0.25) is 0 Å². The number of hydrogen-bond acceptors (Lipinski definition) is 3. The van der Waals surface area contributed by atoms with Gasteiger partial charge in [0.15, 0.2) is 0 Å². The van der Waals surface area contributed by atoms with Gasteiger partial charge in [0.2, 0.25) is 5.91 Å². The van der Waals surface area contributed by atoms with Gasteiger partial charge in [-0.3, -0.25) is 4.79 Å². The van der Waals surface area contributed by atoms with Crippen LogP contribution in [0.3, 0.4) is 0 Å². The van der Waals surface area contributed by atoms with Crippen molar-refractivity contribution in [3.8, 4) is 0 Å². The maximum atomic E-state index is 11.4. The predicted octanol–water partition coefficient (Wildman–Crippen LogP) is -0.584. The molecule has 1 rings (SSSR count). The number of likely N-dealkylation sites (N-methyl/N-ethyl adjacent to an activating group) is 1. The molecule has 1 heterocycles. The van der Waals surface area contributed by atoms with E-state index in [0.29, 0.717) is 0 Å². The standard InChI is InChI=1S/C9H19N3O/c1-12(2)7-6-11-9(13)8-4-3-5-10-8/h8,10H,3-7H2,1-2H3,(H,11,13). The van der Waals surface area contributed by atoms with Crippen LogP contribution >= 0.6 is 0 Å². The van der Waals surface area contributed by atoms with Crippen molar-refractivity contribution in [1.29, 1.82) is 0 Å². The molecule has 0 spiro atoms. The van der Waals surface area contributed by atoms with Gasteiger partial charge in [-0.25, -0.2) is 0 Å². The molecule has 0 aromatic rings. The lowest BCUT2D eigenvalue weighted by atomic mass is 10.2. The van der Waals surface area contributed by atoms with E-state index in [1.54, 1.807) is 0 Å². The molecule has 1 unspecified atom stereocenters. The van der Waals surface area contributed by atoms with Crippen molar-refractivity contribution in [1.82, 2.24) is 15.5 Å². The highest BCUT2D eigenvalue weighted by Crippen LogP contribution is 2.03. The third-order valence-corrected chi connectivity index (χ3v) is 2.24. The molecule has 0 aliphatic carbocycles. The van der Waals surface area contributed by atoms with Gasteiger partial charge < -0.3 is 15.5 Å². The van der Waals surface area contributed by atoms with Crippen molar-refractivity contribution < 1.29 is 4.79 Å². The molecular weight excluding hydrogens is 166 g/mol. The number of carbonyl (C=O) groups is 1. The lowest BCUT2D eigenvalue weighted by molar-refractivity contribution is -0.122. The van der Waals surface area contributed by atoms with Gasteiger partial charge >= 0.3 is 0 Å². The van der Waals surface area contributed by atoms with Crippen LogP contribution in [0.15, 0.2) is 0 Å². The molecule has 1 aliphatic heterocycles. The van der Waals surface area contributed by atoms with E-state index in [0.717, 1.165) is 32.5 Å². The third kappa shape index (κ3) is 3.74. The first kappa shape index (κ1) is 10.5. The lowest BCUT2D eigenvalue weighted by Crippen LogP contribution is -2.42. The van der Waals surface area contributed by atoms with Crippen molar-refractivity contribution in [3.63, 3.8) is 0 Å². The van der Waals surface area contributed by atoms with Crippen LogP contribution in [0.1, 0.15) is 12.8 Å². The van der Waals surface area contributed by atoms with Gasteiger partial charge in [0, 0.05) is 13.1 Å². The molecule has 1 saturated heterocycles. The molecule has 4 nitrogen and oxygen atoms in total. The summed E-state index contributed by atoms with van der Waals surface area (Å²) in [6.45, 7) is 2.62. The summed E-state index contributed by atoms with van der Waals surface area (Å²) in [5.74, 6) is 0.152. The zero-order valence-corrected chi connectivity index (χ0v) is 8.47. The van der Waals surface area contributed by atoms with E-state index in [-0.39, 0.29) is 11.9 Å². The normalized spacial score (nSPS) is 22.2. The monoisotopic (exact) mass is 185 g/mol. The van der Waals surface area contributed by atoms with Crippen LogP contribution in [0.25, 0.3) is 0 Å². The van der Waals surface area contributed by atoms with Crippen LogP contribution in [0.5, 0.6) is 0 Å². The van der Waals surface area contributed by atoms with E-state index in [2.05, 4.69) is 15.5 Å². The molecule has 0 radical (unpaired) electrons. The Hall–Kier alpha value is -0.610. The number of carbonyl (C=O) groups excluding carboxylic acids is 1. The van der Waals surface area contributed by atoms with Crippen LogP contribution in [-0.4, -0.2) is 50.6 Å². The smallest absolute Gasteiger partial charge is 0.237 e. The maximum Gasteiger partial charge on any atom is 0.237 e. The second-order valence-corrected chi connectivity index (χ2v) is 3.74. The zero-order valence-electron chi connectivity index (χ0n) is 8.47. The van der Waals surface area contributed by atoms with E-state index in [9.17, 15) is 4.79 Å². The molecule has 0 aromatic carbocycles. The van der Waals surface area contributed by atoms with Gasteiger partial charge in [0.1, 0.15) is 0 Å². The number of amides is 1. The lowest BCUT2D eigenvalue weighted by Gasteiger charge is -2.13. The minimum absolute atomic E-state index is 0.0576. The summed E-state index contributed by atoms with van der Waals surface area (Å²) in [5, 5.41) is 6.08. The van der Waals surface area contributed by atoms with Crippen molar-refractivity contribution in [2.24, 2.45) is 0 Å². The molecule has 1 atom stereocenters. The highest BCUT2D eigenvalue weighted by atomic mass is 16.2. The summed E-state index contributed by atoms with van der Waals surface area (Å²) < 4.78 is 0. The molecule has 4 heteroatoms. The Morgan fingerprint density at radius 1 is 1.62 bits per heavy atom. The van der Waals surface area contributed by atoms with E-state index in [4.69, 9.17) is 0 Å². The number of rotatable bonds is 4. The van der Waals surface area contributed by atoms with E-state index in [1.807, 2.05) is 14.1 Å². The van der Waals surface area contributed by atoms with Crippen molar-refractivity contribution in [2.75, 3.05) is 33.7 Å². The Labute approximate surface area is 79.7 Å². The van der Waals surface area contributed by atoms with E-state index in [1.165, 1.54) is 0 Å². The van der Waals surface area contributed by atoms with Crippen molar-refractivity contribution in [3.05, 3.63) is 0 Å². The van der Waals surface area contributed by atoms with Gasteiger partial charge in [-0.15, -0.1) is 0 Å². The van der Waals surface area contributed by atoms with Crippen LogP contribution < -0.4 is 10.6 Å². The second kappa shape index (κ2) is 5.19. The van der Waals surface area contributed by atoms with E-state index >= 15 is 0 Å². The number of nitrogens with one attached hydrogen (secondary N) is 2. The van der Waals surface area contributed by atoms with Crippen molar-refractivity contribution >= 4 is 5.91 Å². The Morgan fingerprint density at radius 3 is 2.92 bits per heavy atom. The molecular formula is C9H19N3O. The topological polar surface area (TPSA) is 44.4 Å². The fourth-order valence-corrected chi connectivity index (χ4v) is 1.43. The van der Waals surface area contributed by atoms with Crippen molar-refractivity contribution in [2.45, 2.75) is 18.9 Å². The van der Waals surface area contributed by atoms with E-state index < -0.39 is 0 Å². The fraction of sp³-hybridized carbons (Fsp3) is 0.889. The minimum Gasteiger partial charge on any atom is -0.353 e. The minimum atomic E-state index is 0.0576. The predicted molar refractivity (Wildman–Crippen MR) is 52.6 cm³/mol. The Bertz CT molecular complexity index is 164. The zero-order chi connectivity index (χ0) is 9.68. The molecule has 1 fully saturated rings. The first-order valence-electron chi connectivity index (χ1n) is 4.86. The summed E-state index contributed by atoms with van der Waals surface area (Å²) in [6.07, 6.45) is 2.10. The maximum absolute atomic E-state index is 11.4. The molecule has 0 saturated carbocycles. The Balaban J connectivity index is 2.10. The van der Waals surface area contributed by atoms with Crippen LogP contribution in [-0.2, 0) is 4.79 Å². The molecule has 0 bridgehead atoms. The Morgan fingerprint density at radius 2 is 2.38 bits per heavy atom.